The van der Waals surface area contributed by atoms with Crippen molar-refractivity contribution in [3.8, 4) is 11.3 Å². The normalized spacial score (nSPS) is 11.4. The van der Waals surface area contributed by atoms with E-state index < -0.39 is 11.7 Å². The molecule has 3 aromatic rings. The number of rotatable bonds is 3. The van der Waals surface area contributed by atoms with Crippen LogP contribution in [0.1, 0.15) is 17.0 Å². The zero-order valence-electron chi connectivity index (χ0n) is 13.7. The lowest BCUT2D eigenvalue weighted by atomic mass is 10.1. The zero-order chi connectivity index (χ0) is 18.0. The van der Waals surface area contributed by atoms with E-state index in [4.69, 9.17) is 0 Å². The average molecular weight is 343 g/mol. The van der Waals surface area contributed by atoms with Gasteiger partial charge in [-0.2, -0.15) is 13.2 Å². The summed E-state index contributed by atoms with van der Waals surface area (Å²) in [6, 6.07) is 14.6. The Bertz CT molecular complexity index is 904. The first-order valence-electron chi connectivity index (χ1n) is 7.68. The van der Waals surface area contributed by atoms with Crippen LogP contribution in [0.15, 0.2) is 54.6 Å². The molecular weight excluding hydrogens is 327 g/mol. The van der Waals surface area contributed by atoms with E-state index in [0.29, 0.717) is 23.0 Å². The molecule has 3 rings (SSSR count). The van der Waals surface area contributed by atoms with Gasteiger partial charge in [0.2, 0.25) is 0 Å². The van der Waals surface area contributed by atoms with Crippen molar-refractivity contribution >= 4 is 11.5 Å². The predicted molar refractivity (Wildman–Crippen MR) is 91.7 cm³/mol. The highest BCUT2D eigenvalue weighted by Gasteiger charge is 2.30. The minimum Gasteiger partial charge on any atom is -0.340 e. The average Bonchev–Trinajstić information content (AvgIpc) is 2.54. The SMILES string of the molecule is Cc1cccc(-c2cc(Nc3cccc(C(F)(F)F)c3)nc(C)n2)c1. The molecule has 0 bridgehead atoms. The van der Waals surface area contributed by atoms with Crippen LogP contribution in [0.25, 0.3) is 11.3 Å². The van der Waals surface area contributed by atoms with E-state index >= 15 is 0 Å². The van der Waals surface area contributed by atoms with Crippen LogP contribution in [-0.4, -0.2) is 9.97 Å². The molecule has 0 aliphatic carbocycles. The molecule has 1 heterocycles. The summed E-state index contributed by atoms with van der Waals surface area (Å²) >= 11 is 0. The van der Waals surface area contributed by atoms with Gasteiger partial charge in [-0.3, -0.25) is 0 Å². The standard InChI is InChI=1S/C19H16F3N3/c1-12-5-3-6-14(9-12)17-11-18(24-13(2)23-17)25-16-8-4-7-15(10-16)19(20,21)22/h3-11H,1-2H3,(H,23,24,25). The van der Waals surface area contributed by atoms with Gasteiger partial charge < -0.3 is 5.32 Å². The summed E-state index contributed by atoms with van der Waals surface area (Å²) < 4.78 is 38.5. The lowest BCUT2D eigenvalue weighted by Crippen LogP contribution is -2.05. The molecule has 3 nitrogen and oxygen atoms in total. The van der Waals surface area contributed by atoms with Crippen molar-refractivity contribution < 1.29 is 13.2 Å². The second-order valence-electron chi connectivity index (χ2n) is 5.76. The Kier molecular flexibility index (Phi) is 4.44. The zero-order valence-corrected chi connectivity index (χ0v) is 13.7. The Morgan fingerprint density at radius 1 is 0.880 bits per heavy atom. The highest BCUT2D eigenvalue weighted by atomic mass is 19.4. The summed E-state index contributed by atoms with van der Waals surface area (Å²) in [5.74, 6) is 0.983. The number of benzene rings is 2. The largest absolute Gasteiger partial charge is 0.416 e. The third-order valence-electron chi connectivity index (χ3n) is 3.61. The Labute approximate surface area is 143 Å². The lowest BCUT2D eigenvalue weighted by molar-refractivity contribution is -0.137. The number of anilines is 2. The molecular formula is C19H16F3N3. The van der Waals surface area contributed by atoms with Crippen LogP contribution >= 0.6 is 0 Å². The molecule has 128 valence electrons. The van der Waals surface area contributed by atoms with E-state index in [0.717, 1.165) is 23.3 Å². The van der Waals surface area contributed by atoms with Crippen LogP contribution in [0.2, 0.25) is 0 Å². The van der Waals surface area contributed by atoms with Crippen molar-refractivity contribution in [2.75, 3.05) is 5.32 Å². The predicted octanol–water partition coefficient (Wildman–Crippen LogP) is 5.52. The van der Waals surface area contributed by atoms with Crippen molar-refractivity contribution in [2.45, 2.75) is 20.0 Å². The van der Waals surface area contributed by atoms with Crippen molar-refractivity contribution in [3.63, 3.8) is 0 Å². The maximum atomic E-state index is 12.8. The van der Waals surface area contributed by atoms with Gasteiger partial charge in [0.1, 0.15) is 11.6 Å². The molecule has 0 fully saturated rings. The number of alkyl halides is 3. The fourth-order valence-corrected chi connectivity index (χ4v) is 2.51. The molecule has 0 aliphatic heterocycles. The molecule has 6 heteroatoms. The van der Waals surface area contributed by atoms with Crippen molar-refractivity contribution in [1.82, 2.24) is 9.97 Å². The van der Waals surface area contributed by atoms with Crippen LogP contribution in [-0.2, 0) is 6.18 Å². The molecule has 2 aromatic carbocycles. The van der Waals surface area contributed by atoms with Gasteiger partial charge in [0, 0.05) is 17.3 Å². The number of hydrogen-bond donors (Lipinski definition) is 1. The molecule has 1 aromatic heterocycles. The van der Waals surface area contributed by atoms with E-state index in [2.05, 4.69) is 15.3 Å². The van der Waals surface area contributed by atoms with E-state index in [1.807, 2.05) is 31.2 Å². The van der Waals surface area contributed by atoms with Gasteiger partial charge in [0.05, 0.1) is 11.3 Å². The summed E-state index contributed by atoms with van der Waals surface area (Å²) in [4.78, 5) is 8.68. The molecule has 0 spiro atoms. The number of nitrogens with one attached hydrogen (secondary N) is 1. The van der Waals surface area contributed by atoms with Gasteiger partial charge in [-0.15, -0.1) is 0 Å². The van der Waals surface area contributed by atoms with Crippen LogP contribution in [0.4, 0.5) is 24.7 Å². The molecule has 0 aliphatic rings. The molecule has 25 heavy (non-hydrogen) atoms. The minimum absolute atomic E-state index is 0.322. The fraction of sp³-hybridized carbons (Fsp3) is 0.158. The monoisotopic (exact) mass is 343 g/mol. The van der Waals surface area contributed by atoms with Crippen molar-refractivity contribution in [2.24, 2.45) is 0 Å². The Morgan fingerprint density at radius 3 is 2.36 bits per heavy atom. The quantitative estimate of drug-likeness (QED) is 0.680. The summed E-state index contributed by atoms with van der Waals surface area (Å²) in [7, 11) is 0. The Balaban J connectivity index is 1.94. The summed E-state index contributed by atoms with van der Waals surface area (Å²) in [6.07, 6.45) is -4.38. The van der Waals surface area contributed by atoms with Gasteiger partial charge in [0.25, 0.3) is 0 Å². The first-order chi connectivity index (χ1) is 11.8. The maximum Gasteiger partial charge on any atom is 0.416 e. The minimum atomic E-state index is -4.38. The maximum absolute atomic E-state index is 12.8. The topological polar surface area (TPSA) is 37.8 Å². The number of aromatic nitrogens is 2. The summed E-state index contributed by atoms with van der Waals surface area (Å²) in [6.45, 7) is 3.73. The molecule has 0 saturated carbocycles. The van der Waals surface area contributed by atoms with E-state index in [-0.39, 0.29) is 0 Å². The molecule has 0 radical (unpaired) electrons. The fourth-order valence-electron chi connectivity index (χ4n) is 2.51. The smallest absolute Gasteiger partial charge is 0.340 e. The molecule has 1 N–H and O–H groups in total. The van der Waals surface area contributed by atoms with Crippen LogP contribution in [0.5, 0.6) is 0 Å². The van der Waals surface area contributed by atoms with Gasteiger partial charge in [-0.05, 0) is 38.1 Å². The number of aryl methyl sites for hydroxylation is 2. The van der Waals surface area contributed by atoms with Gasteiger partial charge in [-0.25, -0.2) is 9.97 Å². The Morgan fingerprint density at radius 2 is 1.64 bits per heavy atom. The van der Waals surface area contributed by atoms with Crippen LogP contribution in [0, 0.1) is 13.8 Å². The highest BCUT2D eigenvalue weighted by Crippen LogP contribution is 2.31. The summed E-state index contributed by atoms with van der Waals surface area (Å²) in [5, 5.41) is 2.93. The lowest BCUT2D eigenvalue weighted by Gasteiger charge is -2.11. The first kappa shape index (κ1) is 17.0. The second kappa shape index (κ2) is 6.55. The van der Waals surface area contributed by atoms with E-state index in [1.54, 1.807) is 19.1 Å². The number of hydrogen-bond acceptors (Lipinski definition) is 3. The molecule has 0 atom stereocenters. The Hall–Kier alpha value is -2.89. The first-order valence-corrected chi connectivity index (χ1v) is 7.68. The van der Waals surface area contributed by atoms with Crippen LogP contribution < -0.4 is 5.32 Å². The molecule has 0 amide bonds. The van der Waals surface area contributed by atoms with Crippen LogP contribution in [0.3, 0.4) is 0 Å². The van der Waals surface area contributed by atoms with Gasteiger partial charge in [0.15, 0.2) is 0 Å². The third kappa shape index (κ3) is 4.15. The number of nitrogens with zero attached hydrogens (tertiary/aromatic N) is 2. The summed E-state index contributed by atoms with van der Waals surface area (Å²) in [5.41, 5.74) is 2.36. The van der Waals surface area contributed by atoms with E-state index in [1.165, 1.54) is 6.07 Å². The molecule has 0 saturated heterocycles. The number of halogens is 3. The second-order valence-corrected chi connectivity index (χ2v) is 5.76. The highest BCUT2D eigenvalue weighted by molar-refractivity contribution is 5.66. The molecule has 0 unspecified atom stereocenters. The van der Waals surface area contributed by atoms with Gasteiger partial charge in [-0.1, -0.05) is 29.8 Å². The van der Waals surface area contributed by atoms with Crippen molar-refractivity contribution in [3.05, 3.63) is 71.5 Å². The van der Waals surface area contributed by atoms with Gasteiger partial charge >= 0.3 is 6.18 Å². The van der Waals surface area contributed by atoms with Crippen molar-refractivity contribution in [1.29, 1.82) is 0 Å². The van der Waals surface area contributed by atoms with E-state index in [9.17, 15) is 13.2 Å². The third-order valence-corrected chi connectivity index (χ3v) is 3.61.